The van der Waals surface area contributed by atoms with Crippen molar-refractivity contribution in [2.45, 2.75) is 44.8 Å². The molecular weight excluding hydrogens is 532 g/mol. The number of hydrazine groups is 1. The Morgan fingerprint density at radius 2 is 1.61 bits per heavy atom. The predicted octanol–water partition coefficient (Wildman–Crippen LogP) is 4.09. The summed E-state index contributed by atoms with van der Waals surface area (Å²) in [5, 5.41) is 25.2. The van der Waals surface area contributed by atoms with E-state index in [1.165, 1.54) is 0 Å². The molecule has 0 aliphatic heterocycles. The van der Waals surface area contributed by atoms with Crippen LogP contribution < -0.4 is 10.7 Å². The summed E-state index contributed by atoms with van der Waals surface area (Å²) in [5.41, 5.74) is 3.85. The second kappa shape index (κ2) is 15.6. The number of carbonyl (C=O) groups is 4. The number of ketones is 1. The summed E-state index contributed by atoms with van der Waals surface area (Å²) in [4.78, 5) is 58.8. The van der Waals surface area contributed by atoms with Crippen LogP contribution in [0.4, 0.5) is 9.59 Å². The van der Waals surface area contributed by atoms with Gasteiger partial charge in [-0.3, -0.25) is 25.1 Å². The summed E-state index contributed by atoms with van der Waals surface area (Å²) in [5.74, 6) is -1.25. The number of carbonyl (C=O) groups excluding carboxylic acids is 3. The van der Waals surface area contributed by atoms with Crippen LogP contribution in [0, 0.1) is 10.1 Å². The van der Waals surface area contributed by atoms with E-state index in [1.807, 2.05) is 48.5 Å². The van der Waals surface area contributed by atoms with Crippen molar-refractivity contribution in [2.24, 2.45) is 0 Å². The number of benzene rings is 3. The Balaban J connectivity index is 1.63. The molecule has 0 aromatic heterocycles. The van der Waals surface area contributed by atoms with Crippen LogP contribution in [0.5, 0.6) is 0 Å². The van der Waals surface area contributed by atoms with Gasteiger partial charge in [-0.1, -0.05) is 79.2 Å². The number of fused-ring (bicyclic) bond motifs is 1. The summed E-state index contributed by atoms with van der Waals surface area (Å²) in [7, 11) is 0. The number of nitrogens with zero attached hydrogens (tertiary/aromatic N) is 2. The van der Waals surface area contributed by atoms with Crippen molar-refractivity contribution in [1.29, 1.82) is 0 Å². The minimum atomic E-state index is -1.40. The molecule has 216 valence electrons. The van der Waals surface area contributed by atoms with Crippen LogP contribution in [0.3, 0.4) is 0 Å². The van der Waals surface area contributed by atoms with Gasteiger partial charge in [-0.2, -0.15) is 0 Å². The van der Waals surface area contributed by atoms with Gasteiger partial charge < -0.3 is 15.2 Å². The van der Waals surface area contributed by atoms with Crippen molar-refractivity contribution >= 4 is 34.6 Å². The summed E-state index contributed by atoms with van der Waals surface area (Å²) in [6.45, 7) is -0.829. The standard InChI is InChI=1S/C29H32N4O8/c34-25(19-33(39)40)13-5-2-8-16-32(29(37)38)31-27(35)26(30-28(36)41-20-21-9-3-1-4-10-21)18-22-14-15-23-11-6-7-12-24(23)17-22/h1,3-4,6-7,9-12,14-15,17,26H,2,5,8,13,16,18-20H2,(H,30,36)(H,31,35)(H,37,38)/t26-/m0/s1. The third kappa shape index (κ3) is 10.6. The fraction of sp³-hybridized carbons (Fsp3) is 0.310. The first-order valence-electron chi connectivity index (χ1n) is 13.1. The van der Waals surface area contributed by atoms with Gasteiger partial charge in [0, 0.05) is 24.3 Å². The molecule has 3 amide bonds. The van der Waals surface area contributed by atoms with Crippen molar-refractivity contribution in [3.8, 4) is 0 Å². The van der Waals surface area contributed by atoms with E-state index in [0.29, 0.717) is 24.3 Å². The second-order valence-corrected chi connectivity index (χ2v) is 9.39. The quantitative estimate of drug-likeness (QED) is 0.149. The van der Waals surface area contributed by atoms with Crippen LogP contribution in [0.2, 0.25) is 0 Å². The molecule has 0 unspecified atom stereocenters. The highest BCUT2D eigenvalue weighted by Gasteiger charge is 2.25. The lowest BCUT2D eigenvalue weighted by Crippen LogP contribution is -2.55. The molecule has 0 aliphatic carbocycles. The minimum absolute atomic E-state index is 0.0115. The van der Waals surface area contributed by atoms with Gasteiger partial charge in [-0.05, 0) is 34.7 Å². The number of rotatable bonds is 14. The fourth-order valence-corrected chi connectivity index (χ4v) is 4.12. The summed E-state index contributed by atoms with van der Waals surface area (Å²) in [6, 6.07) is 21.1. The van der Waals surface area contributed by atoms with Gasteiger partial charge in [0.05, 0.1) is 0 Å². The minimum Gasteiger partial charge on any atom is -0.464 e. The normalized spacial score (nSPS) is 11.3. The molecule has 0 aliphatic rings. The molecule has 0 heterocycles. The Morgan fingerprint density at radius 1 is 0.902 bits per heavy atom. The first kappa shape index (κ1) is 30.5. The molecule has 0 saturated heterocycles. The average Bonchev–Trinajstić information content (AvgIpc) is 2.94. The van der Waals surface area contributed by atoms with Gasteiger partial charge in [0.1, 0.15) is 12.6 Å². The van der Waals surface area contributed by atoms with Crippen LogP contribution >= 0.6 is 0 Å². The molecule has 0 spiro atoms. The van der Waals surface area contributed by atoms with Crippen molar-refractivity contribution in [3.63, 3.8) is 0 Å². The van der Waals surface area contributed by atoms with E-state index in [0.717, 1.165) is 21.9 Å². The lowest BCUT2D eigenvalue weighted by atomic mass is 10.0. The highest BCUT2D eigenvalue weighted by atomic mass is 16.6. The van der Waals surface area contributed by atoms with E-state index in [2.05, 4.69) is 10.7 Å². The van der Waals surface area contributed by atoms with E-state index < -0.39 is 41.4 Å². The zero-order valence-electron chi connectivity index (χ0n) is 22.4. The number of Topliss-reactive ketones (excluding diaryl/α,β-unsaturated/α-hetero) is 1. The molecule has 3 N–H and O–H groups in total. The van der Waals surface area contributed by atoms with Gasteiger partial charge in [0.2, 0.25) is 5.78 Å². The smallest absolute Gasteiger partial charge is 0.426 e. The number of hydrogen-bond donors (Lipinski definition) is 3. The van der Waals surface area contributed by atoms with Gasteiger partial charge in [-0.25, -0.2) is 14.6 Å². The molecule has 1 atom stereocenters. The van der Waals surface area contributed by atoms with Gasteiger partial charge in [-0.15, -0.1) is 0 Å². The maximum atomic E-state index is 13.2. The Labute approximate surface area is 236 Å². The number of hydrogen-bond acceptors (Lipinski definition) is 7. The second-order valence-electron chi connectivity index (χ2n) is 9.39. The lowest BCUT2D eigenvalue weighted by Gasteiger charge is -2.24. The summed E-state index contributed by atoms with van der Waals surface area (Å²) in [6.07, 6.45) is -1.07. The van der Waals surface area contributed by atoms with Gasteiger partial charge in [0.25, 0.3) is 12.5 Å². The molecule has 41 heavy (non-hydrogen) atoms. The SMILES string of the molecule is O=C(CCCCCN(NC(=O)[C@H](Cc1ccc2ccccc2c1)NC(=O)OCc1ccccc1)C(=O)O)C[N+](=O)[O-]. The highest BCUT2D eigenvalue weighted by molar-refractivity contribution is 5.88. The predicted molar refractivity (Wildman–Crippen MR) is 149 cm³/mol. The molecule has 3 rings (SSSR count). The maximum Gasteiger partial charge on any atom is 0.426 e. The van der Waals surface area contributed by atoms with Gasteiger partial charge >= 0.3 is 12.2 Å². The molecule has 12 nitrogen and oxygen atoms in total. The summed E-state index contributed by atoms with van der Waals surface area (Å²) >= 11 is 0. The molecule has 0 saturated carbocycles. The number of unbranched alkanes of at least 4 members (excludes halogenated alkanes) is 2. The zero-order valence-corrected chi connectivity index (χ0v) is 22.4. The van der Waals surface area contributed by atoms with Crippen LogP contribution in [0.1, 0.15) is 36.8 Å². The number of ether oxygens (including phenoxy) is 1. The zero-order chi connectivity index (χ0) is 29.6. The molecule has 0 fully saturated rings. The van der Waals surface area contributed by atoms with E-state index in [9.17, 15) is 34.4 Å². The van der Waals surface area contributed by atoms with Crippen molar-refractivity contribution in [3.05, 3.63) is 94.0 Å². The molecule has 3 aromatic carbocycles. The van der Waals surface area contributed by atoms with E-state index in [4.69, 9.17) is 4.74 Å². The molecule has 0 bridgehead atoms. The number of carboxylic acid groups (broad SMARTS) is 1. The van der Waals surface area contributed by atoms with Crippen molar-refractivity contribution < 1.29 is 33.9 Å². The Hall–Kier alpha value is -5.00. The molecular formula is C29H32N4O8. The first-order chi connectivity index (χ1) is 19.7. The van der Waals surface area contributed by atoms with E-state index in [1.54, 1.807) is 24.3 Å². The topological polar surface area (TPSA) is 168 Å². The van der Waals surface area contributed by atoms with Crippen molar-refractivity contribution in [2.75, 3.05) is 13.1 Å². The van der Waals surface area contributed by atoms with Crippen LogP contribution in [0.25, 0.3) is 10.8 Å². The highest BCUT2D eigenvalue weighted by Crippen LogP contribution is 2.17. The molecule has 0 radical (unpaired) electrons. The Bertz CT molecular complexity index is 1370. The molecule has 3 aromatic rings. The largest absolute Gasteiger partial charge is 0.464 e. The molecule has 12 heteroatoms. The van der Waals surface area contributed by atoms with E-state index >= 15 is 0 Å². The lowest BCUT2D eigenvalue weighted by molar-refractivity contribution is -0.467. The third-order valence-electron chi connectivity index (χ3n) is 6.19. The Morgan fingerprint density at radius 3 is 2.32 bits per heavy atom. The Kier molecular flexibility index (Phi) is 11.6. The van der Waals surface area contributed by atoms with Crippen LogP contribution in [-0.4, -0.2) is 58.0 Å². The average molecular weight is 565 g/mol. The van der Waals surface area contributed by atoms with E-state index in [-0.39, 0.29) is 26.0 Å². The van der Waals surface area contributed by atoms with Gasteiger partial charge in [0.15, 0.2) is 0 Å². The van der Waals surface area contributed by atoms with Crippen molar-refractivity contribution in [1.82, 2.24) is 15.8 Å². The maximum absolute atomic E-state index is 13.2. The third-order valence-corrected chi connectivity index (χ3v) is 6.19. The number of nitrogens with one attached hydrogen (secondary N) is 2. The van der Waals surface area contributed by atoms with Crippen LogP contribution in [-0.2, 0) is 27.4 Å². The monoisotopic (exact) mass is 564 g/mol. The first-order valence-corrected chi connectivity index (χ1v) is 13.1. The fourth-order valence-electron chi connectivity index (χ4n) is 4.12. The van der Waals surface area contributed by atoms with Crippen LogP contribution in [0.15, 0.2) is 72.8 Å². The number of nitro groups is 1. The number of alkyl carbamates (subject to hydrolysis) is 1. The number of amides is 3. The summed E-state index contributed by atoms with van der Waals surface area (Å²) < 4.78 is 5.27.